The Morgan fingerprint density at radius 2 is 2.04 bits per heavy atom. The van der Waals surface area contributed by atoms with Crippen LogP contribution in [-0.4, -0.2) is 56.0 Å². The monoisotopic (exact) mass is 369 g/mol. The molecule has 0 spiro atoms. The molecular weight excluding hydrogens is 346 g/mol. The van der Waals surface area contributed by atoms with Gasteiger partial charge in [-0.25, -0.2) is 13.6 Å². The molecule has 1 aromatic rings. The number of rotatable bonds is 7. The molecule has 1 heterocycles. The Bertz CT molecular complexity index is 778. The number of hydrogen-bond acceptors (Lipinski definition) is 5. The second kappa shape index (κ2) is 7.51. The lowest BCUT2D eigenvalue weighted by atomic mass is 10.1. The van der Waals surface area contributed by atoms with Crippen LogP contribution in [0.3, 0.4) is 0 Å². The van der Waals surface area contributed by atoms with Gasteiger partial charge in [0.2, 0.25) is 15.9 Å². The van der Waals surface area contributed by atoms with E-state index in [4.69, 9.17) is 10.2 Å². The highest BCUT2D eigenvalue weighted by Gasteiger charge is 2.32. The molecule has 2 rings (SSSR count). The van der Waals surface area contributed by atoms with E-state index in [2.05, 4.69) is 0 Å². The van der Waals surface area contributed by atoms with E-state index in [1.165, 1.54) is 12.1 Å². The minimum absolute atomic E-state index is 0.000852. The third-order valence-corrected chi connectivity index (χ3v) is 5.03. The predicted molar refractivity (Wildman–Crippen MR) is 92.8 cm³/mol. The lowest BCUT2D eigenvalue weighted by Crippen LogP contribution is -2.44. The third-order valence-electron chi connectivity index (χ3n) is 4.12. The van der Waals surface area contributed by atoms with Crippen LogP contribution in [-0.2, 0) is 26.0 Å². The fraction of sp³-hybridized carbons (Fsp3) is 0.500. The molecule has 0 saturated heterocycles. The fourth-order valence-corrected chi connectivity index (χ4v) is 3.72. The van der Waals surface area contributed by atoms with Gasteiger partial charge in [0, 0.05) is 11.7 Å². The van der Waals surface area contributed by atoms with Gasteiger partial charge in [0.25, 0.3) is 0 Å². The van der Waals surface area contributed by atoms with E-state index in [0.29, 0.717) is 18.7 Å². The molecule has 8 nitrogen and oxygen atoms in total. The highest BCUT2D eigenvalue weighted by atomic mass is 32.2. The normalized spacial score (nSPS) is 17.0. The summed E-state index contributed by atoms with van der Waals surface area (Å²) in [6.07, 6.45) is 1.27. The van der Waals surface area contributed by atoms with Gasteiger partial charge < -0.3 is 10.0 Å². The van der Waals surface area contributed by atoms with Crippen molar-refractivity contribution in [2.45, 2.75) is 37.6 Å². The average Bonchev–Trinajstić information content (AvgIpc) is 2.80. The van der Waals surface area contributed by atoms with E-state index in [1.807, 2.05) is 13.8 Å². The number of nitrogens with two attached hydrogens (primary N) is 1. The number of carboxylic acids is 1. The first-order valence-corrected chi connectivity index (χ1v) is 9.60. The van der Waals surface area contributed by atoms with Crippen molar-refractivity contribution in [1.82, 2.24) is 4.90 Å². The summed E-state index contributed by atoms with van der Waals surface area (Å²) in [6, 6.07) is 4.33. The van der Waals surface area contributed by atoms with E-state index in [9.17, 15) is 18.0 Å². The predicted octanol–water partition coefficient (Wildman–Crippen LogP) is 0.408. The molecule has 138 valence electrons. The second-order valence-corrected chi connectivity index (χ2v) is 7.82. The van der Waals surface area contributed by atoms with Crippen LogP contribution in [0.4, 0.5) is 5.69 Å². The Morgan fingerprint density at radius 3 is 2.60 bits per heavy atom. The van der Waals surface area contributed by atoms with Gasteiger partial charge in [0.05, 0.1) is 18.0 Å². The standard InChI is InChI=1S/C16H23N3O5S/c1-3-6-18(10-16(21)22)9-15(20)19-11(2)7-12-8-13(25(17,23)24)4-5-14(12)19/h4-5,8,11H,3,6-7,9-10H2,1-2H3,(H,21,22)(H2,17,23,24). The first-order valence-electron chi connectivity index (χ1n) is 8.05. The summed E-state index contributed by atoms with van der Waals surface area (Å²) in [4.78, 5) is 26.9. The molecule has 1 amide bonds. The Kier molecular flexibility index (Phi) is 5.81. The van der Waals surface area contributed by atoms with Crippen LogP contribution in [0, 0.1) is 0 Å². The van der Waals surface area contributed by atoms with E-state index < -0.39 is 16.0 Å². The summed E-state index contributed by atoms with van der Waals surface area (Å²) in [5.74, 6) is -1.18. The van der Waals surface area contributed by atoms with Crippen LogP contribution in [0.1, 0.15) is 25.8 Å². The van der Waals surface area contributed by atoms with Crippen molar-refractivity contribution in [3.05, 3.63) is 23.8 Å². The summed E-state index contributed by atoms with van der Waals surface area (Å²) in [5, 5.41) is 14.1. The van der Waals surface area contributed by atoms with Crippen molar-refractivity contribution in [2.24, 2.45) is 5.14 Å². The van der Waals surface area contributed by atoms with Gasteiger partial charge in [0.1, 0.15) is 0 Å². The zero-order chi connectivity index (χ0) is 18.8. The minimum atomic E-state index is -3.80. The summed E-state index contributed by atoms with van der Waals surface area (Å²) < 4.78 is 23.0. The topological polar surface area (TPSA) is 121 Å². The van der Waals surface area contributed by atoms with Crippen molar-refractivity contribution in [1.29, 1.82) is 0 Å². The number of benzene rings is 1. The molecule has 0 radical (unpaired) electrons. The summed E-state index contributed by atoms with van der Waals surface area (Å²) in [7, 11) is -3.80. The van der Waals surface area contributed by atoms with Gasteiger partial charge in [0.15, 0.2) is 0 Å². The molecule has 9 heteroatoms. The van der Waals surface area contributed by atoms with Gasteiger partial charge in [-0.2, -0.15) is 0 Å². The molecule has 3 N–H and O–H groups in total. The lowest BCUT2D eigenvalue weighted by molar-refractivity contribution is -0.138. The van der Waals surface area contributed by atoms with Crippen molar-refractivity contribution in [3.8, 4) is 0 Å². The minimum Gasteiger partial charge on any atom is -0.480 e. The number of carbonyl (C=O) groups excluding carboxylic acids is 1. The van der Waals surface area contributed by atoms with Crippen LogP contribution in [0.5, 0.6) is 0 Å². The maximum Gasteiger partial charge on any atom is 0.317 e. The van der Waals surface area contributed by atoms with Crippen molar-refractivity contribution >= 4 is 27.6 Å². The Labute approximate surface area is 147 Å². The maximum atomic E-state index is 12.7. The van der Waals surface area contributed by atoms with Crippen LogP contribution in [0.15, 0.2) is 23.1 Å². The van der Waals surface area contributed by atoms with Crippen LogP contribution in [0.25, 0.3) is 0 Å². The largest absolute Gasteiger partial charge is 0.480 e. The van der Waals surface area contributed by atoms with Crippen LogP contribution >= 0.6 is 0 Å². The number of carboxylic acid groups (broad SMARTS) is 1. The number of aliphatic carboxylic acids is 1. The molecule has 0 aliphatic carbocycles. The number of anilines is 1. The molecule has 0 fully saturated rings. The van der Waals surface area contributed by atoms with Crippen molar-refractivity contribution in [3.63, 3.8) is 0 Å². The molecule has 0 saturated carbocycles. The quantitative estimate of drug-likeness (QED) is 0.718. The zero-order valence-corrected chi connectivity index (χ0v) is 15.1. The Morgan fingerprint density at radius 1 is 1.36 bits per heavy atom. The molecular formula is C16H23N3O5S. The highest BCUT2D eigenvalue weighted by molar-refractivity contribution is 7.89. The van der Waals surface area contributed by atoms with E-state index in [-0.39, 0.29) is 29.9 Å². The number of nitrogens with zero attached hydrogens (tertiary/aromatic N) is 2. The van der Waals surface area contributed by atoms with Gasteiger partial charge >= 0.3 is 5.97 Å². The molecule has 1 aromatic carbocycles. The van der Waals surface area contributed by atoms with Crippen molar-refractivity contribution in [2.75, 3.05) is 24.5 Å². The number of hydrogen-bond donors (Lipinski definition) is 2. The number of sulfonamides is 1. The second-order valence-electron chi connectivity index (χ2n) is 6.26. The number of amides is 1. The maximum absolute atomic E-state index is 12.7. The third kappa shape index (κ3) is 4.56. The van der Waals surface area contributed by atoms with E-state index in [1.54, 1.807) is 15.9 Å². The number of carbonyl (C=O) groups is 2. The molecule has 1 aliphatic rings. The first kappa shape index (κ1) is 19.4. The number of fused-ring (bicyclic) bond motifs is 1. The summed E-state index contributed by atoms with van der Waals surface area (Å²) in [5.41, 5.74) is 1.39. The summed E-state index contributed by atoms with van der Waals surface area (Å²) in [6.45, 7) is 4.11. The average molecular weight is 369 g/mol. The Balaban J connectivity index is 2.23. The van der Waals surface area contributed by atoms with Crippen LogP contribution in [0.2, 0.25) is 0 Å². The van der Waals surface area contributed by atoms with Crippen molar-refractivity contribution < 1.29 is 23.1 Å². The van der Waals surface area contributed by atoms with Gasteiger partial charge in [-0.05, 0) is 50.1 Å². The molecule has 0 aromatic heterocycles. The molecule has 1 unspecified atom stereocenters. The summed E-state index contributed by atoms with van der Waals surface area (Å²) >= 11 is 0. The van der Waals surface area contributed by atoms with Gasteiger partial charge in [-0.3, -0.25) is 14.5 Å². The molecule has 0 bridgehead atoms. The first-order chi connectivity index (χ1) is 11.6. The van der Waals surface area contributed by atoms with Gasteiger partial charge in [-0.1, -0.05) is 6.92 Å². The van der Waals surface area contributed by atoms with Gasteiger partial charge in [-0.15, -0.1) is 0 Å². The Hall–Kier alpha value is -1.97. The van der Waals surface area contributed by atoms with E-state index in [0.717, 1.165) is 12.0 Å². The van der Waals surface area contributed by atoms with Crippen LogP contribution < -0.4 is 10.0 Å². The zero-order valence-electron chi connectivity index (χ0n) is 14.3. The van der Waals surface area contributed by atoms with E-state index >= 15 is 0 Å². The fourth-order valence-electron chi connectivity index (χ4n) is 3.15. The SMILES string of the molecule is CCCN(CC(=O)O)CC(=O)N1c2ccc(S(N)(=O)=O)cc2CC1C. The molecule has 1 atom stereocenters. The molecule has 25 heavy (non-hydrogen) atoms. The molecule has 1 aliphatic heterocycles. The smallest absolute Gasteiger partial charge is 0.317 e. The number of primary sulfonamides is 1. The lowest BCUT2D eigenvalue weighted by Gasteiger charge is -2.26. The highest BCUT2D eigenvalue weighted by Crippen LogP contribution is 2.33.